The van der Waals surface area contributed by atoms with Gasteiger partial charge in [0.05, 0.1) is 6.10 Å². The minimum absolute atomic E-state index is 0. The van der Waals surface area contributed by atoms with Gasteiger partial charge in [-0.3, -0.25) is 4.99 Å². The molecule has 0 bridgehead atoms. The summed E-state index contributed by atoms with van der Waals surface area (Å²) >= 11 is 1.79. The molecule has 0 aromatic heterocycles. The van der Waals surface area contributed by atoms with Gasteiger partial charge in [-0.25, -0.2) is 0 Å². The van der Waals surface area contributed by atoms with E-state index in [1.54, 1.807) is 11.8 Å². The highest BCUT2D eigenvalue weighted by Crippen LogP contribution is 2.52. The number of thioether (sulfide) groups is 1. The van der Waals surface area contributed by atoms with Crippen molar-refractivity contribution in [1.82, 2.24) is 10.6 Å². The number of halogens is 1. The van der Waals surface area contributed by atoms with Gasteiger partial charge in [-0.1, -0.05) is 26.0 Å². The standard InChI is InChI=1S/C19H29N3OS.HI/c1-12-6-7-13(15(10-12)24-5)11-21-18(20-4)22-16-14-8-9-23-17(14)19(16,2)3;/h6-7,10,14,16-17H,8-9,11H2,1-5H3,(H2,20,21,22);1H. The molecule has 3 unspecified atom stereocenters. The van der Waals surface area contributed by atoms with E-state index >= 15 is 0 Å². The van der Waals surface area contributed by atoms with Crippen molar-refractivity contribution in [3.63, 3.8) is 0 Å². The van der Waals surface area contributed by atoms with Crippen molar-refractivity contribution in [1.29, 1.82) is 0 Å². The van der Waals surface area contributed by atoms with Crippen LogP contribution in [0.1, 0.15) is 31.4 Å². The molecule has 1 saturated heterocycles. The average molecular weight is 475 g/mol. The van der Waals surface area contributed by atoms with Gasteiger partial charge < -0.3 is 15.4 Å². The maximum absolute atomic E-state index is 5.88. The summed E-state index contributed by atoms with van der Waals surface area (Å²) in [6.45, 7) is 8.39. The zero-order chi connectivity index (χ0) is 17.3. The lowest BCUT2D eigenvalue weighted by Crippen LogP contribution is -2.67. The number of hydrogen-bond donors (Lipinski definition) is 2. The summed E-state index contributed by atoms with van der Waals surface area (Å²) in [6, 6.07) is 7.04. The van der Waals surface area contributed by atoms with Crippen LogP contribution in [0, 0.1) is 18.3 Å². The first-order chi connectivity index (χ1) is 11.5. The molecule has 2 fully saturated rings. The second-order valence-electron chi connectivity index (χ2n) is 7.43. The van der Waals surface area contributed by atoms with Gasteiger partial charge in [0.25, 0.3) is 0 Å². The molecule has 1 aromatic rings. The van der Waals surface area contributed by atoms with Crippen molar-refractivity contribution in [3.8, 4) is 0 Å². The number of ether oxygens (including phenoxy) is 1. The SMILES string of the molecule is CN=C(NCc1ccc(C)cc1SC)NC1C2CCOC2C1(C)C.I. The molecule has 140 valence electrons. The van der Waals surface area contributed by atoms with Crippen molar-refractivity contribution in [2.75, 3.05) is 19.9 Å². The van der Waals surface area contributed by atoms with Crippen LogP contribution in [0.25, 0.3) is 0 Å². The Kier molecular flexibility index (Phi) is 7.07. The van der Waals surface area contributed by atoms with Crippen LogP contribution in [-0.4, -0.2) is 38.0 Å². The van der Waals surface area contributed by atoms with Gasteiger partial charge in [-0.05, 0) is 36.8 Å². The van der Waals surface area contributed by atoms with Crippen LogP contribution >= 0.6 is 35.7 Å². The predicted molar refractivity (Wildman–Crippen MR) is 117 cm³/mol. The summed E-state index contributed by atoms with van der Waals surface area (Å²) in [5, 5.41) is 7.12. The molecule has 2 N–H and O–H groups in total. The molecule has 25 heavy (non-hydrogen) atoms. The van der Waals surface area contributed by atoms with Crippen molar-refractivity contribution < 1.29 is 4.74 Å². The van der Waals surface area contributed by atoms with Crippen LogP contribution in [0.4, 0.5) is 0 Å². The molecule has 1 heterocycles. The van der Waals surface area contributed by atoms with Gasteiger partial charge in [0.2, 0.25) is 0 Å². The molecule has 1 aromatic carbocycles. The fraction of sp³-hybridized carbons (Fsp3) is 0.632. The molecular formula is C19H30IN3OS. The summed E-state index contributed by atoms with van der Waals surface area (Å²) in [5.41, 5.74) is 2.77. The van der Waals surface area contributed by atoms with E-state index in [-0.39, 0.29) is 29.4 Å². The fourth-order valence-corrected chi connectivity index (χ4v) is 4.84. The third-order valence-electron chi connectivity index (χ3n) is 5.51. The predicted octanol–water partition coefficient (Wildman–Crippen LogP) is 3.81. The number of hydrogen-bond acceptors (Lipinski definition) is 3. The summed E-state index contributed by atoms with van der Waals surface area (Å²) in [6.07, 6.45) is 3.67. The van der Waals surface area contributed by atoms with Crippen molar-refractivity contribution >= 4 is 41.7 Å². The molecule has 1 saturated carbocycles. The number of aliphatic imine (C=N–C) groups is 1. The fourth-order valence-electron chi connectivity index (χ4n) is 4.14. The smallest absolute Gasteiger partial charge is 0.191 e. The van der Waals surface area contributed by atoms with E-state index in [0.717, 1.165) is 25.5 Å². The molecular weight excluding hydrogens is 445 g/mol. The van der Waals surface area contributed by atoms with E-state index in [1.807, 2.05) is 7.05 Å². The van der Waals surface area contributed by atoms with Crippen molar-refractivity contribution in [3.05, 3.63) is 29.3 Å². The van der Waals surface area contributed by atoms with E-state index in [2.05, 4.69) is 60.9 Å². The molecule has 3 atom stereocenters. The van der Waals surface area contributed by atoms with Crippen molar-refractivity contribution in [2.24, 2.45) is 16.3 Å². The summed E-state index contributed by atoms with van der Waals surface area (Å²) in [5.74, 6) is 1.49. The topological polar surface area (TPSA) is 45.7 Å². The zero-order valence-electron chi connectivity index (χ0n) is 15.8. The minimum atomic E-state index is 0. The summed E-state index contributed by atoms with van der Waals surface area (Å²) in [7, 11) is 1.84. The number of guanidine groups is 1. The monoisotopic (exact) mass is 475 g/mol. The number of nitrogens with one attached hydrogen (secondary N) is 2. The Morgan fingerprint density at radius 1 is 1.40 bits per heavy atom. The first-order valence-electron chi connectivity index (χ1n) is 8.69. The molecule has 3 rings (SSSR count). The van der Waals surface area contributed by atoms with Crippen LogP contribution in [-0.2, 0) is 11.3 Å². The average Bonchev–Trinajstić information content (AvgIpc) is 3.02. The largest absolute Gasteiger partial charge is 0.377 e. The van der Waals surface area contributed by atoms with Gasteiger partial charge in [-0.2, -0.15) is 0 Å². The Morgan fingerprint density at radius 3 is 2.84 bits per heavy atom. The van der Waals surface area contributed by atoms with Crippen LogP contribution in [0.15, 0.2) is 28.1 Å². The Hall–Kier alpha value is -0.470. The lowest BCUT2D eigenvalue weighted by Gasteiger charge is -2.54. The number of nitrogens with zero attached hydrogens (tertiary/aromatic N) is 1. The highest BCUT2D eigenvalue weighted by atomic mass is 127. The third-order valence-corrected chi connectivity index (χ3v) is 6.33. The molecule has 0 spiro atoms. The van der Waals surface area contributed by atoms with Crippen molar-refractivity contribution in [2.45, 2.75) is 50.8 Å². The summed E-state index contributed by atoms with van der Waals surface area (Å²) < 4.78 is 5.88. The van der Waals surface area contributed by atoms with Gasteiger partial charge in [0.15, 0.2) is 5.96 Å². The number of aryl methyl sites for hydroxylation is 1. The van der Waals surface area contributed by atoms with Crippen LogP contribution in [0.3, 0.4) is 0 Å². The normalized spacial score (nSPS) is 27.1. The van der Waals surface area contributed by atoms with Crippen LogP contribution in [0.2, 0.25) is 0 Å². The molecule has 0 amide bonds. The molecule has 0 radical (unpaired) electrons. The van der Waals surface area contributed by atoms with Crippen LogP contribution < -0.4 is 10.6 Å². The first kappa shape index (κ1) is 20.8. The Labute approximate surface area is 173 Å². The van der Waals surface area contributed by atoms with E-state index in [9.17, 15) is 0 Å². The first-order valence-corrected chi connectivity index (χ1v) is 9.92. The Balaban J connectivity index is 0.00000225. The lowest BCUT2D eigenvalue weighted by atomic mass is 9.57. The minimum Gasteiger partial charge on any atom is -0.377 e. The Bertz CT molecular complexity index is 635. The third kappa shape index (κ3) is 4.11. The maximum atomic E-state index is 5.88. The highest BCUT2D eigenvalue weighted by molar-refractivity contribution is 14.0. The Morgan fingerprint density at radius 2 is 2.16 bits per heavy atom. The van der Waals surface area contributed by atoms with Gasteiger partial charge >= 0.3 is 0 Å². The highest BCUT2D eigenvalue weighted by Gasteiger charge is 2.59. The van der Waals surface area contributed by atoms with E-state index in [0.29, 0.717) is 18.1 Å². The quantitative estimate of drug-likeness (QED) is 0.301. The molecule has 6 heteroatoms. The molecule has 4 nitrogen and oxygen atoms in total. The van der Waals surface area contributed by atoms with Gasteiger partial charge in [-0.15, -0.1) is 35.7 Å². The number of benzene rings is 1. The molecule has 1 aliphatic carbocycles. The lowest BCUT2D eigenvalue weighted by molar-refractivity contribution is -0.106. The summed E-state index contributed by atoms with van der Waals surface area (Å²) in [4.78, 5) is 5.75. The molecule has 1 aliphatic heterocycles. The number of fused-ring (bicyclic) bond motifs is 1. The maximum Gasteiger partial charge on any atom is 0.191 e. The van der Waals surface area contributed by atoms with Crippen LogP contribution in [0.5, 0.6) is 0 Å². The van der Waals surface area contributed by atoms with E-state index in [1.165, 1.54) is 16.0 Å². The number of rotatable bonds is 4. The van der Waals surface area contributed by atoms with E-state index < -0.39 is 0 Å². The van der Waals surface area contributed by atoms with E-state index in [4.69, 9.17) is 4.74 Å². The second kappa shape index (κ2) is 8.48. The van der Waals surface area contributed by atoms with Gasteiger partial charge in [0, 0.05) is 42.5 Å². The van der Waals surface area contributed by atoms with Gasteiger partial charge in [0.1, 0.15) is 0 Å². The molecule has 2 aliphatic rings. The zero-order valence-corrected chi connectivity index (χ0v) is 18.9. The second-order valence-corrected chi connectivity index (χ2v) is 8.28.